The first-order valence-corrected chi connectivity index (χ1v) is 11.1. The van der Waals surface area contributed by atoms with Gasteiger partial charge in [0.05, 0.1) is 16.2 Å². The van der Waals surface area contributed by atoms with Crippen molar-refractivity contribution in [1.29, 1.82) is 0 Å². The zero-order valence-electron chi connectivity index (χ0n) is 16.0. The second kappa shape index (κ2) is 18.7. The molecule has 0 aliphatic carbocycles. The van der Waals surface area contributed by atoms with E-state index in [1.807, 2.05) is 6.92 Å². The third kappa shape index (κ3) is 22.9. The van der Waals surface area contributed by atoms with E-state index in [0.717, 1.165) is 38.5 Å². The van der Waals surface area contributed by atoms with Crippen LogP contribution >= 0.6 is 0 Å². The van der Waals surface area contributed by atoms with Crippen molar-refractivity contribution >= 4 is 10.1 Å². The molecule has 0 aliphatic rings. The van der Waals surface area contributed by atoms with Gasteiger partial charge in [0.25, 0.3) is 0 Å². The molecule has 1 N–H and O–H groups in total. The minimum Gasteiger partial charge on any atom is -0.748 e. The molecule has 0 radical (unpaired) electrons. The van der Waals surface area contributed by atoms with Crippen LogP contribution in [0.5, 0.6) is 0 Å². The fourth-order valence-corrected chi connectivity index (χ4v) is 3.37. The van der Waals surface area contributed by atoms with Gasteiger partial charge >= 0.3 is 29.6 Å². The first kappa shape index (κ1) is 27.1. The van der Waals surface area contributed by atoms with E-state index in [9.17, 15) is 18.1 Å². The Morgan fingerprint density at radius 3 is 1.42 bits per heavy atom. The van der Waals surface area contributed by atoms with E-state index in [1.54, 1.807) is 0 Å². The van der Waals surface area contributed by atoms with Gasteiger partial charge in [0.2, 0.25) is 0 Å². The van der Waals surface area contributed by atoms with Gasteiger partial charge in [-0.05, 0) is 19.3 Å². The molecule has 0 heterocycles. The molecule has 1 unspecified atom stereocenters. The quantitative estimate of drug-likeness (QED) is 0.240. The molecule has 4 nitrogen and oxygen atoms in total. The van der Waals surface area contributed by atoms with E-state index in [-0.39, 0.29) is 41.4 Å². The van der Waals surface area contributed by atoms with Crippen LogP contribution in [0.1, 0.15) is 103 Å². The first-order chi connectivity index (χ1) is 11.0. The van der Waals surface area contributed by atoms with Crippen LogP contribution in [0, 0.1) is 0 Å². The number of aliphatic hydroxyl groups excluding tert-OH is 1. The predicted octanol–water partition coefficient (Wildman–Crippen LogP) is 1.77. The van der Waals surface area contributed by atoms with Crippen LogP contribution in [0.3, 0.4) is 0 Å². The van der Waals surface area contributed by atoms with Crippen molar-refractivity contribution < 1.29 is 47.6 Å². The molecule has 0 bridgehead atoms. The molecule has 0 aliphatic heterocycles. The van der Waals surface area contributed by atoms with Gasteiger partial charge < -0.3 is 9.66 Å². The molecule has 0 amide bonds. The zero-order valence-corrected chi connectivity index (χ0v) is 18.8. The van der Waals surface area contributed by atoms with E-state index >= 15 is 0 Å². The van der Waals surface area contributed by atoms with E-state index in [2.05, 4.69) is 0 Å². The molecule has 0 aromatic heterocycles. The second-order valence-corrected chi connectivity index (χ2v) is 8.23. The van der Waals surface area contributed by atoms with Gasteiger partial charge in [0, 0.05) is 5.75 Å². The van der Waals surface area contributed by atoms with E-state index in [4.69, 9.17) is 0 Å². The summed E-state index contributed by atoms with van der Waals surface area (Å²) >= 11 is 0. The SMILES string of the molecule is CCC(O)CCCCCCCCCCCCCCCS(=O)(=O)[O-].[Na+]. The minimum absolute atomic E-state index is 0. The Labute approximate surface area is 172 Å². The molecule has 24 heavy (non-hydrogen) atoms. The monoisotopic (exact) mass is 372 g/mol. The average Bonchev–Trinajstić information content (AvgIpc) is 2.49. The van der Waals surface area contributed by atoms with Gasteiger partial charge in [-0.3, -0.25) is 0 Å². The van der Waals surface area contributed by atoms with Crippen LogP contribution in [0.25, 0.3) is 0 Å². The van der Waals surface area contributed by atoms with Crippen molar-refractivity contribution in [3.63, 3.8) is 0 Å². The molecular formula is C18H37NaO4S. The molecular weight excluding hydrogens is 335 g/mol. The molecule has 0 aromatic carbocycles. The van der Waals surface area contributed by atoms with E-state index < -0.39 is 10.1 Å². The van der Waals surface area contributed by atoms with Gasteiger partial charge in [0.1, 0.15) is 0 Å². The topological polar surface area (TPSA) is 77.4 Å². The largest absolute Gasteiger partial charge is 1.00 e. The number of aliphatic hydroxyl groups is 1. The summed E-state index contributed by atoms with van der Waals surface area (Å²) < 4.78 is 31.3. The summed E-state index contributed by atoms with van der Waals surface area (Å²) in [6.07, 6.45) is 16.7. The van der Waals surface area contributed by atoms with Crippen LogP contribution in [-0.2, 0) is 10.1 Å². The van der Waals surface area contributed by atoms with Crippen LogP contribution in [0.2, 0.25) is 0 Å². The molecule has 0 saturated carbocycles. The fourth-order valence-electron chi connectivity index (χ4n) is 2.81. The number of hydrogen-bond acceptors (Lipinski definition) is 4. The molecule has 1 atom stereocenters. The number of unbranched alkanes of at least 4 members (excludes halogenated alkanes) is 12. The summed E-state index contributed by atoms with van der Waals surface area (Å²) in [5.74, 6) is -0.204. The first-order valence-electron chi connectivity index (χ1n) is 9.57. The van der Waals surface area contributed by atoms with E-state index in [1.165, 1.54) is 51.4 Å². The van der Waals surface area contributed by atoms with Crippen molar-refractivity contribution in [1.82, 2.24) is 0 Å². The van der Waals surface area contributed by atoms with Gasteiger partial charge in [-0.2, -0.15) is 0 Å². The van der Waals surface area contributed by atoms with Crippen molar-refractivity contribution in [3.8, 4) is 0 Å². The summed E-state index contributed by atoms with van der Waals surface area (Å²) in [5.41, 5.74) is 0. The summed E-state index contributed by atoms with van der Waals surface area (Å²) in [7, 11) is -4.01. The molecule has 0 rings (SSSR count). The molecule has 6 heteroatoms. The van der Waals surface area contributed by atoms with Crippen LogP contribution in [0.4, 0.5) is 0 Å². The Morgan fingerprint density at radius 1 is 0.750 bits per heavy atom. The smallest absolute Gasteiger partial charge is 0.748 e. The summed E-state index contributed by atoms with van der Waals surface area (Å²) in [6, 6.07) is 0. The van der Waals surface area contributed by atoms with Crippen LogP contribution < -0.4 is 29.6 Å². The maximum absolute atomic E-state index is 10.4. The number of hydrogen-bond donors (Lipinski definition) is 1. The van der Waals surface area contributed by atoms with Crippen LogP contribution in [-0.4, -0.2) is 29.9 Å². The standard InChI is InChI=1S/C18H38O4S.Na/c1-2-18(19)16-14-12-10-8-6-4-3-5-7-9-11-13-15-17-23(20,21)22;/h18-19H,2-17H2,1H3,(H,20,21,22);/q;+1/p-1. The molecule has 0 aromatic rings. The summed E-state index contributed by atoms with van der Waals surface area (Å²) in [5, 5.41) is 9.44. The van der Waals surface area contributed by atoms with Crippen molar-refractivity contribution in [2.45, 2.75) is 109 Å². The Morgan fingerprint density at radius 2 is 1.08 bits per heavy atom. The van der Waals surface area contributed by atoms with E-state index in [0.29, 0.717) is 6.42 Å². The van der Waals surface area contributed by atoms with Crippen LogP contribution in [0.15, 0.2) is 0 Å². The Balaban J connectivity index is 0. The molecule has 140 valence electrons. The fraction of sp³-hybridized carbons (Fsp3) is 1.00. The maximum atomic E-state index is 10.4. The Bertz CT molecular complexity index is 347. The van der Waals surface area contributed by atoms with Crippen molar-refractivity contribution in [3.05, 3.63) is 0 Å². The van der Waals surface area contributed by atoms with Crippen molar-refractivity contribution in [2.75, 3.05) is 5.75 Å². The second-order valence-electron chi connectivity index (χ2n) is 6.71. The molecule has 0 fully saturated rings. The van der Waals surface area contributed by atoms with Gasteiger partial charge in [-0.15, -0.1) is 0 Å². The third-order valence-electron chi connectivity index (χ3n) is 4.40. The minimum atomic E-state index is -4.01. The Kier molecular flexibility index (Phi) is 21.1. The number of rotatable bonds is 17. The molecule has 0 spiro atoms. The summed E-state index contributed by atoms with van der Waals surface area (Å²) in [4.78, 5) is 0. The van der Waals surface area contributed by atoms with Gasteiger partial charge in [0.15, 0.2) is 0 Å². The zero-order chi connectivity index (χ0) is 17.4. The normalized spacial score (nSPS) is 12.8. The van der Waals surface area contributed by atoms with Gasteiger partial charge in [-0.25, -0.2) is 8.42 Å². The predicted molar refractivity (Wildman–Crippen MR) is 95.5 cm³/mol. The Hall–Kier alpha value is 0.870. The van der Waals surface area contributed by atoms with Crippen molar-refractivity contribution in [2.24, 2.45) is 0 Å². The average molecular weight is 373 g/mol. The van der Waals surface area contributed by atoms with Gasteiger partial charge in [-0.1, -0.05) is 84.0 Å². The maximum Gasteiger partial charge on any atom is 1.00 e. The molecule has 0 saturated heterocycles. The summed E-state index contributed by atoms with van der Waals surface area (Å²) in [6.45, 7) is 2.03. The third-order valence-corrected chi connectivity index (χ3v) is 5.19.